The number of nitrogens with two attached hydrogens (primary N) is 1. The number of anilines is 1. The van der Waals surface area contributed by atoms with Crippen LogP contribution in [-0.4, -0.2) is 19.4 Å². The number of nitro benzene ring substituents is 1. The molecule has 0 saturated carbocycles. The average molecular weight is 381 g/mol. The molecule has 0 radical (unpaired) electrons. The maximum absolute atomic E-state index is 11.9. The Hall–Kier alpha value is -2.10. The van der Waals surface area contributed by atoms with Gasteiger partial charge in [0.25, 0.3) is 0 Å². The van der Waals surface area contributed by atoms with E-state index in [1.807, 2.05) is 44.2 Å². The van der Waals surface area contributed by atoms with Crippen LogP contribution < -0.4 is 10.5 Å². The van der Waals surface area contributed by atoms with Crippen LogP contribution >= 0.6 is 11.8 Å². The highest BCUT2D eigenvalue weighted by Crippen LogP contribution is 2.42. The lowest BCUT2D eigenvalue weighted by atomic mass is 10.2. The molecule has 0 aromatic heterocycles. The van der Waals surface area contributed by atoms with Gasteiger partial charge in [-0.1, -0.05) is 36.9 Å². The van der Waals surface area contributed by atoms with Gasteiger partial charge in [-0.05, 0) is 37.6 Å². The van der Waals surface area contributed by atoms with E-state index in [1.54, 1.807) is 0 Å². The second kappa shape index (κ2) is 7.85. The topological polar surface area (TPSA) is 115 Å². The minimum Gasteiger partial charge on any atom is -0.376 e. The van der Waals surface area contributed by atoms with Gasteiger partial charge >= 0.3 is 5.69 Å². The van der Waals surface area contributed by atoms with E-state index in [1.165, 1.54) is 23.9 Å². The number of nitro groups is 1. The van der Waals surface area contributed by atoms with Crippen LogP contribution in [0.3, 0.4) is 0 Å². The summed E-state index contributed by atoms with van der Waals surface area (Å²) in [7, 11) is -4.11. The van der Waals surface area contributed by atoms with Crippen molar-refractivity contribution in [3.05, 3.63) is 52.6 Å². The fourth-order valence-corrected chi connectivity index (χ4v) is 3.81. The first kappa shape index (κ1) is 19.2. The van der Waals surface area contributed by atoms with Crippen LogP contribution in [0.1, 0.15) is 20.3 Å². The molecule has 3 N–H and O–H groups in total. The second-order valence-electron chi connectivity index (χ2n) is 5.46. The lowest BCUT2D eigenvalue weighted by Crippen LogP contribution is -2.20. The van der Waals surface area contributed by atoms with E-state index in [0.717, 1.165) is 4.90 Å². The summed E-state index contributed by atoms with van der Waals surface area (Å²) in [6.45, 7) is 3.70. The van der Waals surface area contributed by atoms with Crippen molar-refractivity contribution in [1.29, 1.82) is 0 Å². The number of rotatable bonds is 7. The van der Waals surface area contributed by atoms with Gasteiger partial charge in [0, 0.05) is 10.9 Å². The molecule has 134 valence electrons. The number of sulfonamides is 1. The molecule has 0 bridgehead atoms. The maximum Gasteiger partial charge on any atom is 0.307 e. The van der Waals surface area contributed by atoms with Gasteiger partial charge in [0.1, 0.15) is 10.6 Å². The summed E-state index contributed by atoms with van der Waals surface area (Å²) in [5.74, 6) is 0. The summed E-state index contributed by atoms with van der Waals surface area (Å²) >= 11 is 1.19. The molecule has 7 nitrogen and oxygen atoms in total. The predicted octanol–water partition coefficient (Wildman–Crippen LogP) is 3.60. The Morgan fingerprint density at radius 3 is 2.40 bits per heavy atom. The van der Waals surface area contributed by atoms with E-state index >= 15 is 0 Å². The van der Waals surface area contributed by atoms with Crippen molar-refractivity contribution >= 4 is 33.2 Å². The largest absolute Gasteiger partial charge is 0.376 e. The van der Waals surface area contributed by atoms with Crippen LogP contribution in [0.2, 0.25) is 0 Å². The molecule has 9 heteroatoms. The molecule has 0 saturated heterocycles. The summed E-state index contributed by atoms with van der Waals surface area (Å²) in [5, 5.41) is 19.9. The molecule has 2 rings (SSSR count). The van der Waals surface area contributed by atoms with Crippen LogP contribution in [0.5, 0.6) is 0 Å². The van der Waals surface area contributed by atoms with Gasteiger partial charge in [0.2, 0.25) is 10.0 Å². The molecular formula is C16H19N3O4S2. The van der Waals surface area contributed by atoms with E-state index in [4.69, 9.17) is 5.14 Å². The minimum absolute atomic E-state index is 0.0669. The van der Waals surface area contributed by atoms with Gasteiger partial charge in [-0.3, -0.25) is 10.1 Å². The molecule has 0 amide bonds. The summed E-state index contributed by atoms with van der Waals surface area (Å²) in [5.41, 5.74) is -0.358. The van der Waals surface area contributed by atoms with E-state index in [9.17, 15) is 18.5 Å². The molecule has 0 aliphatic rings. The fourth-order valence-electron chi connectivity index (χ4n) is 2.16. The van der Waals surface area contributed by atoms with Gasteiger partial charge < -0.3 is 5.32 Å². The summed E-state index contributed by atoms with van der Waals surface area (Å²) < 4.78 is 23.8. The van der Waals surface area contributed by atoms with Crippen LogP contribution in [0.25, 0.3) is 0 Å². The molecule has 2 aromatic carbocycles. The quantitative estimate of drug-likeness (QED) is 0.559. The SMILES string of the molecule is CCC(C)Nc1c(S(N)(=O)=O)ccc(Sc2ccccc2)c1[N+](=O)[O-]. The zero-order chi connectivity index (χ0) is 18.6. The molecule has 0 aliphatic heterocycles. The van der Waals surface area contributed by atoms with Gasteiger partial charge in [0.05, 0.1) is 9.82 Å². The highest BCUT2D eigenvalue weighted by atomic mass is 32.2. The number of nitrogens with one attached hydrogen (secondary N) is 1. The lowest BCUT2D eigenvalue weighted by Gasteiger charge is -2.17. The molecule has 1 atom stereocenters. The Kier molecular flexibility index (Phi) is 6.04. The number of nitrogens with zero attached hydrogens (tertiary/aromatic N) is 1. The van der Waals surface area contributed by atoms with Crippen LogP contribution in [0.4, 0.5) is 11.4 Å². The third-order valence-corrected chi connectivity index (χ3v) is 5.58. The maximum atomic E-state index is 11.9. The zero-order valence-electron chi connectivity index (χ0n) is 13.8. The van der Waals surface area contributed by atoms with Crippen LogP contribution in [-0.2, 0) is 10.0 Å². The first-order valence-electron chi connectivity index (χ1n) is 7.57. The van der Waals surface area contributed by atoms with Crippen molar-refractivity contribution < 1.29 is 13.3 Å². The monoisotopic (exact) mass is 381 g/mol. The third kappa shape index (κ3) is 4.71. The Labute approximate surface area is 150 Å². The van der Waals surface area contributed by atoms with E-state index < -0.39 is 14.9 Å². The summed E-state index contributed by atoms with van der Waals surface area (Å²) in [6, 6.07) is 11.7. The second-order valence-corrected chi connectivity index (χ2v) is 8.10. The molecule has 0 heterocycles. The van der Waals surface area contributed by atoms with Crippen molar-refractivity contribution in [3.8, 4) is 0 Å². The Bertz CT molecular complexity index is 870. The molecule has 0 spiro atoms. The smallest absolute Gasteiger partial charge is 0.307 e. The molecular weight excluding hydrogens is 362 g/mol. The fraction of sp³-hybridized carbons (Fsp3) is 0.250. The molecule has 2 aromatic rings. The van der Waals surface area contributed by atoms with Crippen molar-refractivity contribution in [3.63, 3.8) is 0 Å². The van der Waals surface area contributed by atoms with Crippen molar-refractivity contribution in [2.45, 2.75) is 41.0 Å². The normalized spacial score (nSPS) is 12.6. The number of primary sulfonamides is 1. The molecule has 0 fully saturated rings. The lowest BCUT2D eigenvalue weighted by molar-refractivity contribution is -0.387. The Morgan fingerprint density at radius 2 is 1.88 bits per heavy atom. The highest BCUT2D eigenvalue weighted by Gasteiger charge is 2.29. The first-order valence-corrected chi connectivity index (χ1v) is 9.94. The average Bonchev–Trinajstić information content (AvgIpc) is 2.54. The standard InChI is InChI=1S/C16H19N3O4S2/c1-3-11(2)18-15-14(25(17,22)23)10-9-13(16(15)19(20)21)24-12-7-5-4-6-8-12/h4-11,18H,3H2,1-2H3,(H2,17,22,23). The number of hydrogen-bond acceptors (Lipinski definition) is 6. The highest BCUT2D eigenvalue weighted by molar-refractivity contribution is 7.99. The summed E-state index contributed by atoms with van der Waals surface area (Å²) in [6.07, 6.45) is 0.664. The number of benzene rings is 2. The van der Waals surface area contributed by atoms with Gasteiger partial charge in [-0.25, -0.2) is 13.6 Å². The van der Waals surface area contributed by atoms with E-state index in [-0.39, 0.29) is 22.3 Å². The van der Waals surface area contributed by atoms with Crippen LogP contribution in [0, 0.1) is 10.1 Å². The van der Waals surface area contributed by atoms with Crippen molar-refractivity contribution in [1.82, 2.24) is 0 Å². The van der Waals surface area contributed by atoms with E-state index in [2.05, 4.69) is 5.32 Å². The summed E-state index contributed by atoms with van der Waals surface area (Å²) in [4.78, 5) is 12.0. The predicted molar refractivity (Wildman–Crippen MR) is 98.4 cm³/mol. The van der Waals surface area contributed by atoms with Crippen molar-refractivity contribution in [2.75, 3.05) is 5.32 Å². The minimum atomic E-state index is -4.11. The van der Waals surface area contributed by atoms with Crippen LogP contribution in [0.15, 0.2) is 57.2 Å². The Morgan fingerprint density at radius 1 is 1.24 bits per heavy atom. The number of hydrogen-bond donors (Lipinski definition) is 2. The Balaban J connectivity index is 2.65. The molecule has 0 aliphatic carbocycles. The zero-order valence-corrected chi connectivity index (χ0v) is 15.4. The third-order valence-electron chi connectivity index (χ3n) is 3.57. The van der Waals surface area contributed by atoms with Gasteiger partial charge in [0.15, 0.2) is 0 Å². The molecule has 1 unspecified atom stereocenters. The van der Waals surface area contributed by atoms with Crippen molar-refractivity contribution in [2.24, 2.45) is 5.14 Å². The van der Waals surface area contributed by atoms with Gasteiger partial charge in [-0.2, -0.15) is 0 Å². The first-order chi connectivity index (χ1) is 11.7. The molecule has 25 heavy (non-hydrogen) atoms. The van der Waals surface area contributed by atoms with E-state index in [0.29, 0.717) is 11.3 Å². The van der Waals surface area contributed by atoms with Gasteiger partial charge in [-0.15, -0.1) is 0 Å².